The summed E-state index contributed by atoms with van der Waals surface area (Å²) < 4.78 is 1.57. The van der Waals surface area contributed by atoms with Gasteiger partial charge in [-0.25, -0.2) is 0 Å². The van der Waals surface area contributed by atoms with Gasteiger partial charge in [-0.2, -0.15) is 5.10 Å². The maximum Gasteiger partial charge on any atom is 0.274 e. The molecule has 102 valence electrons. The van der Waals surface area contributed by atoms with Gasteiger partial charge in [0.05, 0.1) is 17.5 Å². The van der Waals surface area contributed by atoms with E-state index < -0.39 is 5.60 Å². The highest BCUT2D eigenvalue weighted by molar-refractivity contribution is 5.97. The molecule has 1 aromatic heterocycles. The van der Waals surface area contributed by atoms with Crippen molar-refractivity contribution in [3.8, 4) is 0 Å². The summed E-state index contributed by atoms with van der Waals surface area (Å²) in [4.78, 5) is 14.0. The number of hydrogen-bond donors (Lipinski definition) is 2. The molecular weight excluding hydrogens is 232 g/mol. The Kier molecular flexibility index (Phi) is 4.34. The molecule has 0 aliphatic carbocycles. The van der Waals surface area contributed by atoms with Crippen LogP contribution in [0.3, 0.4) is 0 Å². The van der Waals surface area contributed by atoms with Crippen LogP contribution in [0.15, 0.2) is 6.20 Å². The topological polar surface area (TPSA) is 84.4 Å². The van der Waals surface area contributed by atoms with E-state index in [-0.39, 0.29) is 12.5 Å². The Bertz CT molecular complexity index is 420. The monoisotopic (exact) mass is 254 g/mol. The molecule has 0 saturated carbocycles. The first-order valence-electron chi connectivity index (χ1n) is 6.13. The van der Waals surface area contributed by atoms with E-state index in [0.29, 0.717) is 24.5 Å². The van der Waals surface area contributed by atoms with Gasteiger partial charge in [-0.1, -0.05) is 0 Å². The van der Waals surface area contributed by atoms with Gasteiger partial charge < -0.3 is 15.7 Å². The van der Waals surface area contributed by atoms with Gasteiger partial charge in [0.2, 0.25) is 0 Å². The normalized spacial score (nSPS) is 11.6. The summed E-state index contributed by atoms with van der Waals surface area (Å²) in [5.74, 6) is -0.198. The Morgan fingerprint density at radius 2 is 2.17 bits per heavy atom. The van der Waals surface area contributed by atoms with E-state index in [9.17, 15) is 9.90 Å². The number of rotatable bonds is 5. The van der Waals surface area contributed by atoms with Crippen molar-refractivity contribution >= 4 is 11.6 Å². The van der Waals surface area contributed by atoms with E-state index in [4.69, 9.17) is 5.73 Å². The molecule has 0 unspecified atom stereocenters. The number of aromatic nitrogens is 2. The van der Waals surface area contributed by atoms with Crippen LogP contribution in [0.5, 0.6) is 0 Å². The van der Waals surface area contributed by atoms with Crippen molar-refractivity contribution in [2.45, 2.75) is 39.8 Å². The number of aryl methyl sites for hydroxylation is 1. The fourth-order valence-electron chi connectivity index (χ4n) is 1.82. The lowest BCUT2D eigenvalue weighted by atomic mass is 10.1. The van der Waals surface area contributed by atoms with Gasteiger partial charge >= 0.3 is 0 Å². The average Bonchev–Trinajstić information content (AvgIpc) is 2.65. The van der Waals surface area contributed by atoms with E-state index in [1.54, 1.807) is 23.4 Å². The van der Waals surface area contributed by atoms with Gasteiger partial charge in [0.15, 0.2) is 0 Å². The number of likely N-dealkylation sites (N-methyl/N-ethyl adjacent to an activating group) is 1. The van der Waals surface area contributed by atoms with Crippen molar-refractivity contribution in [3.63, 3.8) is 0 Å². The molecule has 0 aliphatic rings. The van der Waals surface area contributed by atoms with Crippen molar-refractivity contribution in [1.82, 2.24) is 14.7 Å². The second-order valence-electron chi connectivity index (χ2n) is 4.90. The summed E-state index contributed by atoms with van der Waals surface area (Å²) >= 11 is 0. The molecule has 0 spiro atoms. The van der Waals surface area contributed by atoms with Crippen LogP contribution in [0.4, 0.5) is 5.69 Å². The zero-order chi connectivity index (χ0) is 13.9. The molecule has 1 rings (SSSR count). The number of carbonyl (C=O) groups is 1. The quantitative estimate of drug-likeness (QED) is 0.810. The van der Waals surface area contributed by atoms with Crippen LogP contribution in [0.25, 0.3) is 0 Å². The smallest absolute Gasteiger partial charge is 0.274 e. The van der Waals surface area contributed by atoms with E-state index >= 15 is 0 Å². The summed E-state index contributed by atoms with van der Waals surface area (Å²) in [7, 11) is 0. The van der Waals surface area contributed by atoms with E-state index in [1.165, 1.54) is 6.20 Å². The maximum atomic E-state index is 12.4. The van der Waals surface area contributed by atoms with Gasteiger partial charge in [0.1, 0.15) is 5.69 Å². The first-order chi connectivity index (χ1) is 8.30. The highest BCUT2D eigenvalue weighted by Crippen LogP contribution is 2.15. The number of nitrogens with two attached hydrogens (primary N) is 1. The van der Waals surface area contributed by atoms with Crippen LogP contribution >= 0.6 is 0 Å². The third-order valence-corrected chi connectivity index (χ3v) is 2.62. The Morgan fingerprint density at radius 3 is 2.61 bits per heavy atom. The van der Waals surface area contributed by atoms with Gasteiger partial charge in [0.25, 0.3) is 5.91 Å². The number of anilines is 1. The van der Waals surface area contributed by atoms with E-state index in [2.05, 4.69) is 5.10 Å². The van der Waals surface area contributed by atoms with E-state index in [1.807, 2.05) is 13.8 Å². The number of amides is 1. The van der Waals surface area contributed by atoms with Crippen molar-refractivity contribution in [2.75, 3.05) is 18.8 Å². The molecule has 18 heavy (non-hydrogen) atoms. The summed E-state index contributed by atoms with van der Waals surface area (Å²) in [6, 6.07) is 0. The summed E-state index contributed by atoms with van der Waals surface area (Å²) in [6.45, 7) is 8.46. The highest BCUT2D eigenvalue weighted by atomic mass is 16.3. The largest absolute Gasteiger partial charge is 0.396 e. The predicted molar refractivity (Wildman–Crippen MR) is 70.2 cm³/mol. The SMILES string of the molecule is CCN(CC(C)(C)O)C(=O)c1c(N)cnn1CC. The lowest BCUT2D eigenvalue weighted by Crippen LogP contribution is -2.43. The van der Waals surface area contributed by atoms with Crippen LogP contribution in [0.2, 0.25) is 0 Å². The van der Waals surface area contributed by atoms with Crippen molar-refractivity contribution in [2.24, 2.45) is 0 Å². The van der Waals surface area contributed by atoms with Crippen LogP contribution in [0.1, 0.15) is 38.2 Å². The number of carbonyl (C=O) groups excluding carboxylic acids is 1. The Morgan fingerprint density at radius 1 is 1.56 bits per heavy atom. The third-order valence-electron chi connectivity index (χ3n) is 2.62. The first-order valence-corrected chi connectivity index (χ1v) is 6.13. The minimum Gasteiger partial charge on any atom is -0.396 e. The maximum absolute atomic E-state index is 12.4. The molecule has 1 heterocycles. The summed E-state index contributed by atoms with van der Waals surface area (Å²) in [5.41, 5.74) is 5.61. The summed E-state index contributed by atoms with van der Waals surface area (Å²) in [5, 5.41) is 13.9. The minimum atomic E-state index is -0.933. The van der Waals surface area contributed by atoms with E-state index in [0.717, 1.165) is 0 Å². The predicted octanol–water partition coefficient (Wildman–Crippen LogP) is 0.718. The molecule has 0 fully saturated rings. The van der Waals surface area contributed by atoms with Gasteiger partial charge in [-0.3, -0.25) is 9.48 Å². The molecule has 1 aromatic rings. The average molecular weight is 254 g/mol. The molecule has 0 aliphatic heterocycles. The fraction of sp³-hybridized carbons (Fsp3) is 0.667. The standard InChI is InChI=1S/C12H22N4O2/c1-5-15(8-12(3,4)18)11(17)10-9(13)7-14-16(10)6-2/h7,18H,5-6,8,13H2,1-4H3. The molecule has 0 bridgehead atoms. The molecule has 1 amide bonds. The van der Waals surface area contributed by atoms with Gasteiger partial charge in [-0.15, -0.1) is 0 Å². The Labute approximate surface area is 107 Å². The first kappa shape index (κ1) is 14.5. The second-order valence-corrected chi connectivity index (χ2v) is 4.90. The fourth-order valence-corrected chi connectivity index (χ4v) is 1.82. The van der Waals surface area contributed by atoms with Gasteiger partial charge in [-0.05, 0) is 27.7 Å². The lowest BCUT2D eigenvalue weighted by Gasteiger charge is -2.28. The van der Waals surface area contributed by atoms with Gasteiger partial charge in [0, 0.05) is 19.6 Å². The number of hydrogen-bond acceptors (Lipinski definition) is 4. The van der Waals surface area contributed by atoms with Crippen LogP contribution in [0, 0.1) is 0 Å². The van der Waals surface area contributed by atoms with Crippen molar-refractivity contribution in [3.05, 3.63) is 11.9 Å². The zero-order valence-corrected chi connectivity index (χ0v) is 11.5. The molecule has 3 N–H and O–H groups in total. The zero-order valence-electron chi connectivity index (χ0n) is 11.5. The van der Waals surface area contributed by atoms with Crippen molar-refractivity contribution < 1.29 is 9.90 Å². The Balaban J connectivity index is 3.00. The molecule has 6 heteroatoms. The van der Waals surface area contributed by atoms with Crippen LogP contribution in [-0.4, -0.2) is 44.4 Å². The van der Waals surface area contributed by atoms with Crippen LogP contribution in [-0.2, 0) is 6.54 Å². The number of nitrogen functional groups attached to an aromatic ring is 1. The number of nitrogens with zero attached hydrogens (tertiary/aromatic N) is 3. The molecule has 0 radical (unpaired) electrons. The highest BCUT2D eigenvalue weighted by Gasteiger charge is 2.26. The molecular formula is C12H22N4O2. The number of aliphatic hydroxyl groups is 1. The summed E-state index contributed by atoms with van der Waals surface area (Å²) in [6.07, 6.45) is 1.48. The molecule has 6 nitrogen and oxygen atoms in total. The molecule has 0 saturated heterocycles. The second kappa shape index (κ2) is 5.39. The van der Waals surface area contributed by atoms with Crippen LogP contribution < -0.4 is 5.73 Å². The third kappa shape index (κ3) is 3.22. The van der Waals surface area contributed by atoms with Crippen molar-refractivity contribution in [1.29, 1.82) is 0 Å². The Hall–Kier alpha value is -1.56. The molecule has 0 aromatic carbocycles. The lowest BCUT2D eigenvalue weighted by molar-refractivity contribution is 0.0309. The minimum absolute atomic E-state index is 0.198. The molecule has 0 atom stereocenters.